The van der Waals surface area contributed by atoms with Crippen LogP contribution in [0.5, 0.6) is 0 Å². The summed E-state index contributed by atoms with van der Waals surface area (Å²) in [7, 11) is 0. The number of aromatic nitrogens is 5. The molecule has 34 heavy (non-hydrogen) atoms. The molecule has 0 unspecified atom stereocenters. The van der Waals surface area contributed by atoms with Crippen molar-refractivity contribution in [2.24, 2.45) is 5.73 Å². The number of carbonyl (C=O) groups is 2. The van der Waals surface area contributed by atoms with Crippen molar-refractivity contribution in [3.05, 3.63) is 46.5 Å². The van der Waals surface area contributed by atoms with Crippen LogP contribution in [0.15, 0.2) is 24.5 Å². The quantitative estimate of drug-likeness (QED) is 0.426. The van der Waals surface area contributed by atoms with Crippen LogP contribution in [0.25, 0.3) is 21.3 Å². The van der Waals surface area contributed by atoms with Gasteiger partial charge in [-0.05, 0) is 38.5 Å². The number of halogens is 3. The van der Waals surface area contributed by atoms with Gasteiger partial charge in [-0.1, -0.05) is 0 Å². The summed E-state index contributed by atoms with van der Waals surface area (Å²) in [6.07, 6.45) is -1.74. The molecular formula is C21H20F3N7O2S. The first kappa shape index (κ1) is 23.4. The van der Waals surface area contributed by atoms with E-state index in [4.69, 9.17) is 5.73 Å². The van der Waals surface area contributed by atoms with Gasteiger partial charge in [-0.25, -0.2) is 4.98 Å². The number of fused-ring (bicyclic) bond motifs is 1. The Morgan fingerprint density at radius 2 is 1.91 bits per heavy atom. The minimum atomic E-state index is -4.73. The van der Waals surface area contributed by atoms with Gasteiger partial charge < -0.3 is 11.1 Å². The van der Waals surface area contributed by atoms with Gasteiger partial charge in [0, 0.05) is 35.1 Å². The third kappa shape index (κ3) is 4.14. The van der Waals surface area contributed by atoms with Crippen LogP contribution in [0.1, 0.15) is 33.7 Å². The average Bonchev–Trinajstić information content (AvgIpc) is 3.44. The first-order valence-electron chi connectivity index (χ1n) is 10.2. The number of nitrogens with one attached hydrogen (secondary N) is 1. The summed E-state index contributed by atoms with van der Waals surface area (Å²) in [5.41, 5.74) is 6.34. The van der Waals surface area contributed by atoms with Crippen LogP contribution in [-0.4, -0.2) is 36.4 Å². The Morgan fingerprint density at radius 3 is 2.47 bits per heavy atom. The molecule has 178 valence electrons. The largest absolute Gasteiger partial charge is 0.433 e. The average molecular weight is 491 g/mol. The van der Waals surface area contributed by atoms with Crippen molar-refractivity contribution in [3.63, 3.8) is 0 Å². The molecule has 0 aromatic carbocycles. The lowest BCUT2D eigenvalue weighted by Gasteiger charge is -2.12. The third-order valence-electron chi connectivity index (χ3n) is 5.36. The lowest BCUT2D eigenvalue weighted by Crippen LogP contribution is -2.22. The zero-order chi connectivity index (χ0) is 24.8. The number of aryl methyl sites for hydroxylation is 2. The summed E-state index contributed by atoms with van der Waals surface area (Å²) >= 11 is 0.693. The highest BCUT2D eigenvalue weighted by Crippen LogP contribution is 2.44. The second-order valence-electron chi connectivity index (χ2n) is 7.54. The Kier molecular flexibility index (Phi) is 5.89. The maximum atomic E-state index is 13.7. The molecular weight excluding hydrogens is 471 g/mol. The van der Waals surface area contributed by atoms with Gasteiger partial charge in [-0.15, -0.1) is 11.3 Å². The molecule has 4 heterocycles. The SMILES string of the molecule is CCn1ncc(-c2cc(C(F)(F)F)nc3sc(C(N)=O)c(NC(=O)Cn4nccc4C)c23)c1C. The monoisotopic (exact) mass is 491 g/mol. The van der Waals surface area contributed by atoms with E-state index in [0.717, 1.165) is 11.8 Å². The second-order valence-corrected chi connectivity index (χ2v) is 8.54. The topological polar surface area (TPSA) is 121 Å². The summed E-state index contributed by atoms with van der Waals surface area (Å²) in [5, 5.41) is 11.1. The van der Waals surface area contributed by atoms with Crippen molar-refractivity contribution in [1.29, 1.82) is 0 Å². The van der Waals surface area contributed by atoms with Gasteiger partial charge in [0.25, 0.3) is 5.91 Å². The zero-order valence-electron chi connectivity index (χ0n) is 18.4. The fourth-order valence-electron chi connectivity index (χ4n) is 3.66. The van der Waals surface area contributed by atoms with Crippen molar-refractivity contribution in [3.8, 4) is 11.1 Å². The van der Waals surface area contributed by atoms with E-state index in [1.807, 2.05) is 6.92 Å². The van der Waals surface area contributed by atoms with Crippen molar-refractivity contribution in [1.82, 2.24) is 24.5 Å². The number of nitrogens with zero attached hydrogens (tertiary/aromatic N) is 5. The lowest BCUT2D eigenvalue weighted by molar-refractivity contribution is -0.140. The molecule has 2 amide bonds. The van der Waals surface area contributed by atoms with Gasteiger partial charge in [0.05, 0.1) is 11.9 Å². The van der Waals surface area contributed by atoms with Gasteiger partial charge in [0.15, 0.2) is 0 Å². The summed E-state index contributed by atoms with van der Waals surface area (Å²) in [5.74, 6) is -1.42. The number of anilines is 1. The Bertz CT molecular complexity index is 1420. The molecule has 9 nitrogen and oxygen atoms in total. The number of rotatable bonds is 6. The highest BCUT2D eigenvalue weighted by atomic mass is 32.1. The summed E-state index contributed by atoms with van der Waals surface area (Å²) in [6.45, 7) is 5.70. The molecule has 0 aliphatic carbocycles. The van der Waals surface area contributed by atoms with E-state index in [-0.39, 0.29) is 32.9 Å². The van der Waals surface area contributed by atoms with E-state index in [9.17, 15) is 22.8 Å². The van der Waals surface area contributed by atoms with Gasteiger partial charge in [-0.3, -0.25) is 19.0 Å². The van der Waals surface area contributed by atoms with Crippen LogP contribution in [0.3, 0.4) is 0 Å². The number of hydrogen-bond donors (Lipinski definition) is 2. The van der Waals surface area contributed by atoms with Crippen LogP contribution in [-0.2, 0) is 24.1 Å². The maximum Gasteiger partial charge on any atom is 0.433 e. The number of carbonyl (C=O) groups excluding carboxylic acids is 2. The number of pyridine rings is 1. The first-order chi connectivity index (χ1) is 16.0. The molecule has 0 bridgehead atoms. The molecule has 0 spiro atoms. The molecule has 0 fully saturated rings. The predicted molar refractivity (Wildman–Crippen MR) is 120 cm³/mol. The highest BCUT2D eigenvalue weighted by Gasteiger charge is 2.35. The highest BCUT2D eigenvalue weighted by molar-refractivity contribution is 7.21. The molecule has 0 aliphatic heterocycles. The Hall–Kier alpha value is -3.74. The van der Waals surface area contributed by atoms with Crippen LogP contribution < -0.4 is 11.1 Å². The molecule has 0 saturated carbocycles. The molecule has 13 heteroatoms. The van der Waals surface area contributed by atoms with E-state index in [2.05, 4.69) is 20.5 Å². The molecule has 0 atom stereocenters. The number of alkyl halides is 3. The molecule has 0 saturated heterocycles. The number of amides is 2. The van der Waals surface area contributed by atoms with E-state index >= 15 is 0 Å². The predicted octanol–water partition coefficient (Wildman–Crippen LogP) is 3.75. The van der Waals surface area contributed by atoms with E-state index in [0.29, 0.717) is 29.1 Å². The Morgan fingerprint density at radius 1 is 1.18 bits per heavy atom. The summed E-state index contributed by atoms with van der Waals surface area (Å²) in [6, 6.07) is 2.62. The molecule has 3 N–H and O–H groups in total. The maximum absolute atomic E-state index is 13.7. The van der Waals surface area contributed by atoms with Crippen molar-refractivity contribution in [2.75, 3.05) is 5.32 Å². The number of nitrogens with two attached hydrogens (primary N) is 1. The molecule has 4 aromatic heterocycles. The standard InChI is InChI=1S/C21H20F3N7O2S/c1-4-30-11(3)13(8-27-30)12-7-14(21(22,23)24)28-20-16(12)17(18(34-20)19(25)33)29-15(32)9-31-10(2)5-6-26-31/h5-8H,4,9H2,1-3H3,(H2,25,33)(H,29,32). The summed E-state index contributed by atoms with van der Waals surface area (Å²) in [4.78, 5) is 28.6. The van der Waals surface area contributed by atoms with Crippen LogP contribution in [0.4, 0.5) is 18.9 Å². The molecule has 0 radical (unpaired) electrons. The molecule has 4 rings (SSSR count). The Labute approximate surface area is 195 Å². The number of hydrogen-bond acceptors (Lipinski definition) is 6. The Balaban J connectivity index is 1.94. The van der Waals surface area contributed by atoms with Crippen molar-refractivity contribution >= 4 is 39.1 Å². The smallest absolute Gasteiger partial charge is 0.365 e. The fourth-order valence-corrected chi connectivity index (χ4v) is 4.66. The minimum Gasteiger partial charge on any atom is -0.365 e. The van der Waals surface area contributed by atoms with Gasteiger partial charge in [0.2, 0.25) is 5.91 Å². The van der Waals surface area contributed by atoms with Crippen molar-refractivity contribution in [2.45, 2.75) is 40.0 Å². The van der Waals surface area contributed by atoms with E-state index < -0.39 is 23.7 Å². The van der Waals surface area contributed by atoms with E-state index in [1.54, 1.807) is 24.6 Å². The first-order valence-corrected chi connectivity index (χ1v) is 11.0. The fraction of sp³-hybridized carbons (Fsp3) is 0.286. The van der Waals surface area contributed by atoms with Crippen LogP contribution >= 0.6 is 11.3 Å². The number of primary amides is 1. The lowest BCUT2D eigenvalue weighted by atomic mass is 10.0. The third-order valence-corrected chi connectivity index (χ3v) is 6.45. The zero-order valence-corrected chi connectivity index (χ0v) is 19.2. The van der Waals surface area contributed by atoms with E-state index in [1.165, 1.54) is 17.1 Å². The van der Waals surface area contributed by atoms with Gasteiger partial charge in [-0.2, -0.15) is 23.4 Å². The number of thiophene rings is 1. The normalized spacial score (nSPS) is 11.8. The molecule has 0 aliphatic rings. The van der Waals surface area contributed by atoms with Crippen LogP contribution in [0.2, 0.25) is 0 Å². The van der Waals surface area contributed by atoms with Gasteiger partial charge in [0.1, 0.15) is 21.9 Å². The minimum absolute atomic E-state index is 0.0159. The van der Waals surface area contributed by atoms with Crippen LogP contribution in [0, 0.1) is 13.8 Å². The second kappa shape index (κ2) is 8.56. The van der Waals surface area contributed by atoms with Crippen molar-refractivity contribution < 1.29 is 22.8 Å². The molecule has 4 aromatic rings. The van der Waals surface area contributed by atoms with Gasteiger partial charge >= 0.3 is 6.18 Å². The summed E-state index contributed by atoms with van der Waals surface area (Å²) < 4.78 is 44.1.